The predicted octanol–water partition coefficient (Wildman–Crippen LogP) is 2.62. The summed E-state index contributed by atoms with van der Waals surface area (Å²) in [5.74, 6) is 0.151. The standard InChI is InChI=1S/C20H29N3O6/c1-12(2)13(3)21-19(24)14-6-8-22(9-7-14)20(25)15-10-17(28-4)18(29-5)11-16(15)23(26)27/h10-14H,6-9H2,1-5H3,(H,21,24). The van der Waals surface area contributed by atoms with E-state index < -0.39 is 10.8 Å². The second-order valence-electron chi connectivity index (χ2n) is 7.59. The normalized spacial score (nSPS) is 15.7. The van der Waals surface area contributed by atoms with Crippen molar-refractivity contribution >= 4 is 17.5 Å². The van der Waals surface area contributed by atoms with Crippen molar-refractivity contribution in [2.75, 3.05) is 27.3 Å². The third-order valence-electron chi connectivity index (χ3n) is 5.45. The molecule has 29 heavy (non-hydrogen) atoms. The number of likely N-dealkylation sites (tertiary alicyclic amines) is 1. The fourth-order valence-electron chi connectivity index (χ4n) is 3.21. The van der Waals surface area contributed by atoms with Crippen LogP contribution in [0.3, 0.4) is 0 Å². The van der Waals surface area contributed by atoms with Crippen LogP contribution in [0.2, 0.25) is 0 Å². The van der Waals surface area contributed by atoms with E-state index in [1.165, 1.54) is 26.4 Å². The maximum atomic E-state index is 13.0. The Kier molecular flexibility index (Phi) is 7.41. The molecule has 1 atom stereocenters. The smallest absolute Gasteiger partial charge is 0.286 e. The Morgan fingerprint density at radius 2 is 1.69 bits per heavy atom. The number of amides is 2. The average molecular weight is 407 g/mol. The van der Waals surface area contributed by atoms with Crippen molar-refractivity contribution in [3.05, 3.63) is 27.8 Å². The molecule has 9 nitrogen and oxygen atoms in total. The first kappa shape index (κ1) is 22.4. The average Bonchev–Trinajstić information content (AvgIpc) is 2.71. The van der Waals surface area contributed by atoms with Gasteiger partial charge in [-0.15, -0.1) is 0 Å². The molecule has 1 aromatic rings. The molecule has 0 spiro atoms. The number of carbonyl (C=O) groups excluding carboxylic acids is 2. The number of piperidine rings is 1. The Bertz CT molecular complexity index is 772. The van der Waals surface area contributed by atoms with Crippen molar-refractivity contribution in [2.45, 2.75) is 39.7 Å². The van der Waals surface area contributed by atoms with Crippen LogP contribution in [0.15, 0.2) is 12.1 Å². The molecular formula is C20H29N3O6. The summed E-state index contributed by atoms with van der Waals surface area (Å²) < 4.78 is 10.3. The van der Waals surface area contributed by atoms with Crippen LogP contribution in [0.1, 0.15) is 44.0 Å². The van der Waals surface area contributed by atoms with Gasteiger partial charge in [0.25, 0.3) is 11.6 Å². The molecule has 0 bridgehead atoms. The minimum atomic E-state index is -0.608. The van der Waals surface area contributed by atoms with E-state index in [1.54, 1.807) is 4.90 Å². The molecular weight excluding hydrogens is 378 g/mol. The number of nitrogens with zero attached hydrogens (tertiary/aromatic N) is 2. The third-order valence-corrected chi connectivity index (χ3v) is 5.45. The number of rotatable bonds is 7. The van der Waals surface area contributed by atoms with Gasteiger partial charge in [0.1, 0.15) is 5.56 Å². The quantitative estimate of drug-likeness (QED) is 0.549. The second-order valence-corrected chi connectivity index (χ2v) is 7.59. The van der Waals surface area contributed by atoms with Gasteiger partial charge in [0.05, 0.1) is 25.2 Å². The summed E-state index contributed by atoms with van der Waals surface area (Å²) in [6.07, 6.45) is 1.03. The van der Waals surface area contributed by atoms with Crippen LogP contribution >= 0.6 is 0 Å². The van der Waals surface area contributed by atoms with Crippen molar-refractivity contribution in [1.82, 2.24) is 10.2 Å². The molecule has 0 aromatic heterocycles. The highest BCUT2D eigenvalue weighted by atomic mass is 16.6. The topological polar surface area (TPSA) is 111 Å². The number of nitro benzene ring substituents is 1. The van der Waals surface area contributed by atoms with E-state index in [9.17, 15) is 19.7 Å². The fraction of sp³-hybridized carbons (Fsp3) is 0.600. The van der Waals surface area contributed by atoms with Crippen LogP contribution in [0.5, 0.6) is 11.5 Å². The summed E-state index contributed by atoms with van der Waals surface area (Å²) >= 11 is 0. The molecule has 1 saturated heterocycles. The lowest BCUT2D eigenvalue weighted by molar-refractivity contribution is -0.385. The van der Waals surface area contributed by atoms with Crippen LogP contribution < -0.4 is 14.8 Å². The number of carbonyl (C=O) groups is 2. The highest BCUT2D eigenvalue weighted by Gasteiger charge is 2.32. The number of benzene rings is 1. The van der Waals surface area contributed by atoms with Gasteiger partial charge in [-0.3, -0.25) is 19.7 Å². The van der Waals surface area contributed by atoms with Gasteiger partial charge in [0.15, 0.2) is 11.5 Å². The number of hydrogen-bond donors (Lipinski definition) is 1. The van der Waals surface area contributed by atoms with Crippen LogP contribution in [-0.2, 0) is 4.79 Å². The number of methoxy groups -OCH3 is 2. The predicted molar refractivity (Wildman–Crippen MR) is 107 cm³/mol. The molecule has 0 saturated carbocycles. The largest absolute Gasteiger partial charge is 0.493 e. The Morgan fingerprint density at radius 3 is 2.17 bits per heavy atom. The van der Waals surface area contributed by atoms with E-state index in [1.807, 2.05) is 20.8 Å². The first-order chi connectivity index (χ1) is 13.7. The first-order valence-electron chi connectivity index (χ1n) is 9.69. The summed E-state index contributed by atoms with van der Waals surface area (Å²) in [5.41, 5.74) is -0.387. The van der Waals surface area contributed by atoms with Gasteiger partial charge < -0.3 is 19.7 Å². The number of ether oxygens (including phenoxy) is 2. The van der Waals surface area contributed by atoms with E-state index in [-0.39, 0.29) is 40.6 Å². The zero-order chi connectivity index (χ0) is 21.7. The molecule has 1 N–H and O–H groups in total. The summed E-state index contributed by atoms with van der Waals surface area (Å²) in [6, 6.07) is 2.61. The monoisotopic (exact) mass is 407 g/mol. The zero-order valence-corrected chi connectivity index (χ0v) is 17.6. The fourth-order valence-corrected chi connectivity index (χ4v) is 3.21. The number of nitrogens with one attached hydrogen (secondary N) is 1. The molecule has 160 valence electrons. The molecule has 1 aromatic carbocycles. The highest BCUT2D eigenvalue weighted by molar-refractivity contribution is 5.99. The second kappa shape index (κ2) is 9.58. The molecule has 1 heterocycles. The number of nitro groups is 1. The van der Waals surface area contributed by atoms with Crippen LogP contribution in [-0.4, -0.2) is 55.0 Å². The summed E-state index contributed by atoms with van der Waals surface area (Å²) in [5, 5.41) is 14.5. The van der Waals surface area contributed by atoms with E-state index in [0.717, 1.165) is 0 Å². The van der Waals surface area contributed by atoms with Crippen molar-refractivity contribution in [3.63, 3.8) is 0 Å². The van der Waals surface area contributed by atoms with Crippen LogP contribution in [0.4, 0.5) is 5.69 Å². The maximum Gasteiger partial charge on any atom is 0.286 e. The lowest BCUT2D eigenvalue weighted by Crippen LogP contribution is -2.45. The van der Waals surface area contributed by atoms with Crippen LogP contribution in [0.25, 0.3) is 0 Å². The van der Waals surface area contributed by atoms with Gasteiger partial charge in [0.2, 0.25) is 5.91 Å². The summed E-state index contributed by atoms with van der Waals surface area (Å²) in [7, 11) is 2.78. The van der Waals surface area contributed by atoms with E-state index in [4.69, 9.17) is 9.47 Å². The maximum absolute atomic E-state index is 13.0. The van der Waals surface area contributed by atoms with Gasteiger partial charge in [-0.1, -0.05) is 13.8 Å². The molecule has 2 rings (SSSR count). The van der Waals surface area contributed by atoms with Gasteiger partial charge >= 0.3 is 0 Å². The number of hydrogen-bond acceptors (Lipinski definition) is 6. The summed E-state index contributed by atoms with van der Waals surface area (Å²) in [6.45, 7) is 6.78. The molecule has 2 amide bonds. The minimum Gasteiger partial charge on any atom is -0.493 e. The van der Waals surface area contributed by atoms with E-state index in [0.29, 0.717) is 31.8 Å². The van der Waals surface area contributed by atoms with Gasteiger partial charge in [-0.05, 0) is 25.7 Å². The Balaban J connectivity index is 2.13. The molecule has 0 aliphatic carbocycles. The van der Waals surface area contributed by atoms with E-state index in [2.05, 4.69) is 5.32 Å². The van der Waals surface area contributed by atoms with Crippen LogP contribution in [0, 0.1) is 22.0 Å². The van der Waals surface area contributed by atoms with E-state index >= 15 is 0 Å². The van der Waals surface area contributed by atoms with Gasteiger partial charge in [0, 0.05) is 31.1 Å². The van der Waals surface area contributed by atoms with Crippen molar-refractivity contribution < 1.29 is 24.0 Å². The molecule has 1 unspecified atom stereocenters. The lowest BCUT2D eigenvalue weighted by Gasteiger charge is -2.32. The lowest BCUT2D eigenvalue weighted by atomic mass is 9.94. The highest BCUT2D eigenvalue weighted by Crippen LogP contribution is 2.35. The molecule has 1 aliphatic heterocycles. The Hall–Kier alpha value is -2.84. The molecule has 1 aliphatic rings. The minimum absolute atomic E-state index is 0.00426. The SMILES string of the molecule is COc1cc(C(=O)N2CCC(C(=O)NC(C)C(C)C)CC2)c([N+](=O)[O-])cc1OC. The Labute approximate surface area is 170 Å². The molecule has 9 heteroatoms. The van der Waals surface area contributed by atoms with Gasteiger partial charge in [-0.25, -0.2) is 0 Å². The van der Waals surface area contributed by atoms with Crippen molar-refractivity contribution in [1.29, 1.82) is 0 Å². The molecule has 1 fully saturated rings. The third kappa shape index (κ3) is 5.16. The van der Waals surface area contributed by atoms with Gasteiger partial charge in [-0.2, -0.15) is 0 Å². The summed E-state index contributed by atoms with van der Waals surface area (Å²) in [4.78, 5) is 37.8. The van der Waals surface area contributed by atoms with Crippen molar-refractivity contribution in [3.8, 4) is 11.5 Å². The Morgan fingerprint density at radius 1 is 1.14 bits per heavy atom. The first-order valence-corrected chi connectivity index (χ1v) is 9.69. The molecule has 0 radical (unpaired) electrons. The zero-order valence-electron chi connectivity index (χ0n) is 17.6. The van der Waals surface area contributed by atoms with Crippen molar-refractivity contribution in [2.24, 2.45) is 11.8 Å².